The quantitative estimate of drug-likeness (QED) is 0.606. The Hall–Kier alpha value is -1.22. The molecule has 0 saturated heterocycles. The SMILES string of the molecule is Nc1cn2c(Cl)cccc2n1. The second-order valence-electron chi connectivity index (χ2n) is 2.24. The minimum atomic E-state index is 0.484. The lowest BCUT2D eigenvalue weighted by atomic mass is 10.5. The van der Waals surface area contributed by atoms with Crippen molar-refractivity contribution in [2.24, 2.45) is 0 Å². The van der Waals surface area contributed by atoms with Crippen molar-refractivity contribution in [2.75, 3.05) is 5.73 Å². The molecule has 2 aromatic rings. The number of halogens is 1. The third kappa shape index (κ3) is 0.935. The highest BCUT2D eigenvalue weighted by atomic mass is 35.5. The summed E-state index contributed by atoms with van der Waals surface area (Å²) in [6, 6.07) is 5.47. The van der Waals surface area contributed by atoms with Crippen LogP contribution in [0.1, 0.15) is 0 Å². The van der Waals surface area contributed by atoms with E-state index in [0.717, 1.165) is 5.65 Å². The molecular weight excluding hydrogens is 162 g/mol. The molecule has 0 bridgehead atoms. The Bertz CT molecular complexity index is 393. The molecule has 4 heteroatoms. The first kappa shape index (κ1) is 6.49. The van der Waals surface area contributed by atoms with Crippen molar-refractivity contribution < 1.29 is 0 Å². The van der Waals surface area contributed by atoms with Gasteiger partial charge in [0.1, 0.15) is 16.6 Å². The van der Waals surface area contributed by atoms with E-state index in [1.54, 1.807) is 16.7 Å². The summed E-state index contributed by atoms with van der Waals surface area (Å²) in [5.74, 6) is 0.484. The Kier molecular flexibility index (Phi) is 1.26. The van der Waals surface area contributed by atoms with E-state index in [9.17, 15) is 0 Å². The molecule has 0 aromatic carbocycles. The average Bonchev–Trinajstić information content (AvgIpc) is 2.31. The van der Waals surface area contributed by atoms with Crippen LogP contribution in [-0.4, -0.2) is 9.38 Å². The summed E-state index contributed by atoms with van der Waals surface area (Å²) < 4.78 is 1.73. The van der Waals surface area contributed by atoms with E-state index in [1.165, 1.54) is 0 Å². The predicted molar refractivity (Wildman–Crippen MR) is 44.6 cm³/mol. The van der Waals surface area contributed by atoms with Crippen LogP contribution in [0.25, 0.3) is 5.65 Å². The van der Waals surface area contributed by atoms with Gasteiger partial charge in [-0.3, -0.25) is 4.40 Å². The number of anilines is 1. The lowest BCUT2D eigenvalue weighted by Crippen LogP contribution is -1.82. The minimum Gasteiger partial charge on any atom is -0.382 e. The summed E-state index contributed by atoms with van der Waals surface area (Å²) >= 11 is 5.84. The normalized spacial score (nSPS) is 10.6. The lowest BCUT2D eigenvalue weighted by molar-refractivity contribution is 1.19. The summed E-state index contributed by atoms with van der Waals surface area (Å²) in [5, 5.41) is 0.617. The molecular formula is C7H6ClN3. The lowest BCUT2D eigenvalue weighted by Gasteiger charge is -1.93. The molecule has 3 nitrogen and oxygen atoms in total. The zero-order valence-corrected chi connectivity index (χ0v) is 6.42. The average molecular weight is 168 g/mol. The molecule has 0 aliphatic carbocycles. The van der Waals surface area contributed by atoms with Gasteiger partial charge < -0.3 is 5.73 Å². The van der Waals surface area contributed by atoms with Crippen LogP contribution in [0.15, 0.2) is 24.4 Å². The third-order valence-corrected chi connectivity index (χ3v) is 1.77. The Morgan fingerprint density at radius 2 is 2.27 bits per heavy atom. The molecule has 0 fully saturated rings. The molecule has 0 amide bonds. The summed E-state index contributed by atoms with van der Waals surface area (Å²) in [6.07, 6.45) is 1.69. The van der Waals surface area contributed by atoms with E-state index >= 15 is 0 Å². The van der Waals surface area contributed by atoms with Gasteiger partial charge in [-0.1, -0.05) is 17.7 Å². The van der Waals surface area contributed by atoms with Crippen LogP contribution in [0.4, 0.5) is 5.82 Å². The molecule has 0 aliphatic heterocycles. The van der Waals surface area contributed by atoms with E-state index in [4.69, 9.17) is 17.3 Å². The predicted octanol–water partition coefficient (Wildman–Crippen LogP) is 1.57. The molecule has 2 aromatic heterocycles. The van der Waals surface area contributed by atoms with Gasteiger partial charge in [-0.15, -0.1) is 0 Å². The number of hydrogen-bond donors (Lipinski definition) is 1. The van der Waals surface area contributed by atoms with Gasteiger partial charge in [-0.25, -0.2) is 4.98 Å². The Morgan fingerprint density at radius 3 is 3.00 bits per heavy atom. The second-order valence-corrected chi connectivity index (χ2v) is 2.63. The molecule has 0 atom stereocenters. The second kappa shape index (κ2) is 2.13. The zero-order valence-electron chi connectivity index (χ0n) is 5.66. The van der Waals surface area contributed by atoms with Crippen molar-refractivity contribution in [3.63, 3.8) is 0 Å². The number of imidazole rings is 1. The molecule has 2 rings (SSSR count). The molecule has 0 aliphatic rings. The van der Waals surface area contributed by atoms with Crippen molar-refractivity contribution in [3.8, 4) is 0 Å². The summed E-state index contributed by atoms with van der Waals surface area (Å²) in [7, 11) is 0. The van der Waals surface area contributed by atoms with Gasteiger partial charge in [0.25, 0.3) is 0 Å². The molecule has 2 heterocycles. The van der Waals surface area contributed by atoms with Crippen LogP contribution >= 0.6 is 11.6 Å². The fraction of sp³-hybridized carbons (Fsp3) is 0. The van der Waals surface area contributed by atoms with E-state index in [0.29, 0.717) is 11.0 Å². The van der Waals surface area contributed by atoms with Crippen LogP contribution in [0, 0.1) is 0 Å². The van der Waals surface area contributed by atoms with Crippen molar-refractivity contribution in [2.45, 2.75) is 0 Å². The van der Waals surface area contributed by atoms with Gasteiger partial charge >= 0.3 is 0 Å². The Balaban J connectivity index is 2.90. The molecule has 0 saturated carbocycles. The fourth-order valence-electron chi connectivity index (χ4n) is 0.996. The number of nitrogens with two attached hydrogens (primary N) is 1. The van der Waals surface area contributed by atoms with E-state index in [2.05, 4.69) is 4.98 Å². The topological polar surface area (TPSA) is 43.3 Å². The summed E-state index contributed by atoms with van der Waals surface area (Å²) in [4.78, 5) is 4.03. The molecule has 0 radical (unpaired) electrons. The highest BCUT2D eigenvalue weighted by Crippen LogP contribution is 2.13. The molecule has 11 heavy (non-hydrogen) atoms. The third-order valence-electron chi connectivity index (χ3n) is 1.46. The zero-order chi connectivity index (χ0) is 7.84. The van der Waals surface area contributed by atoms with Crippen LogP contribution in [0.2, 0.25) is 5.15 Å². The van der Waals surface area contributed by atoms with Crippen molar-refractivity contribution >= 4 is 23.1 Å². The number of hydrogen-bond acceptors (Lipinski definition) is 2. The van der Waals surface area contributed by atoms with E-state index in [1.807, 2.05) is 12.1 Å². The van der Waals surface area contributed by atoms with Crippen molar-refractivity contribution in [1.82, 2.24) is 9.38 Å². The van der Waals surface area contributed by atoms with Gasteiger partial charge in [-0.05, 0) is 12.1 Å². The first-order valence-corrected chi connectivity index (χ1v) is 3.54. The van der Waals surface area contributed by atoms with Gasteiger partial charge in [0.05, 0.1) is 6.20 Å². The van der Waals surface area contributed by atoms with Gasteiger partial charge in [-0.2, -0.15) is 0 Å². The van der Waals surface area contributed by atoms with E-state index < -0.39 is 0 Å². The molecule has 0 unspecified atom stereocenters. The van der Waals surface area contributed by atoms with E-state index in [-0.39, 0.29) is 0 Å². The highest BCUT2D eigenvalue weighted by molar-refractivity contribution is 6.29. The number of nitrogens with zero attached hydrogens (tertiary/aromatic N) is 2. The number of aromatic nitrogens is 2. The number of fused-ring (bicyclic) bond motifs is 1. The molecule has 56 valence electrons. The largest absolute Gasteiger partial charge is 0.382 e. The van der Waals surface area contributed by atoms with Gasteiger partial charge in [0, 0.05) is 0 Å². The van der Waals surface area contributed by atoms with Crippen LogP contribution in [0.3, 0.4) is 0 Å². The maximum absolute atomic E-state index is 5.84. The summed E-state index contributed by atoms with van der Waals surface area (Å²) in [5.41, 5.74) is 6.24. The monoisotopic (exact) mass is 167 g/mol. The smallest absolute Gasteiger partial charge is 0.142 e. The summed E-state index contributed by atoms with van der Waals surface area (Å²) in [6.45, 7) is 0. The Morgan fingerprint density at radius 1 is 1.45 bits per heavy atom. The number of pyridine rings is 1. The van der Waals surface area contributed by atoms with Gasteiger partial charge in [0.2, 0.25) is 0 Å². The highest BCUT2D eigenvalue weighted by Gasteiger charge is 1.98. The van der Waals surface area contributed by atoms with Crippen LogP contribution < -0.4 is 5.73 Å². The molecule has 0 spiro atoms. The first-order chi connectivity index (χ1) is 5.27. The van der Waals surface area contributed by atoms with Crippen LogP contribution in [-0.2, 0) is 0 Å². The maximum Gasteiger partial charge on any atom is 0.142 e. The number of nitrogen functional groups attached to an aromatic ring is 1. The fourth-order valence-corrected chi connectivity index (χ4v) is 1.20. The van der Waals surface area contributed by atoms with Crippen LogP contribution in [0.5, 0.6) is 0 Å². The molecule has 2 N–H and O–H groups in total. The maximum atomic E-state index is 5.84. The standard InChI is InChI=1S/C7H6ClN3/c8-5-2-1-3-7-10-6(9)4-11(5)7/h1-4H,9H2. The van der Waals surface area contributed by atoms with Crippen molar-refractivity contribution in [1.29, 1.82) is 0 Å². The minimum absolute atomic E-state index is 0.484. The van der Waals surface area contributed by atoms with Gasteiger partial charge in [0.15, 0.2) is 0 Å². The number of rotatable bonds is 0. The first-order valence-electron chi connectivity index (χ1n) is 3.16. The van der Waals surface area contributed by atoms with Crippen molar-refractivity contribution in [3.05, 3.63) is 29.5 Å². The Labute approximate surface area is 68.4 Å².